The fourth-order valence-corrected chi connectivity index (χ4v) is 5.65. The fraction of sp³-hybridized carbons (Fsp3) is 0.407. The first-order valence-corrected chi connectivity index (χ1v) is 13.6. The molecule has 8 heteroatoms. The van der Waals surface area contributed by atoms with E-state index in [9.17, 15) is 8.42 Å². The van der Waals surface area contributed by atoms with Crippen molar-refractivity contribution in [2.24, 2.45) is 0 Å². The van der Waals surface area contributed by atoms with Gasteiger partial charge in [0.2, 0.25) is 10.0 Å². The summed E-state index contributed by atoms with van der Waals surface area (Å²) in [6, 6.07) is 15.0. The van der Waals surface area contributed by atoms with Crippen molar-refractivity contribution in [1.82, 2.24) is 14.5 Å². The Morgan fingerprint density at radius 3 is 2.17 bits per heavy atom. The van der Waals surface area contributed by atoms with Gasteiger partial charge >= 0.3 is 0 Å². The highest BCUT2D eigenvalue weighted by molar-refractivity contribution is 7.89. The van der Waals surface area contributed by atoms with Gasteiger partial charge < -0.3 is 9.64 Å². The zero-order valence-electron chi connectivity index (χ0n) is 21.0. The monoisotopic (exact) mass is 494 g/mol. The highest BCUT2D eigenvalue weighted by Gasteiger charge is 2.29. The largest absolute Gasteiger partial charge is 0.494 e. The summed E-state index contributed by atoms with van der Waals surface area (Å²) in [6.45, 7) is 11.0. The van der Waals surface area contributed by atoms with Crippen LogP contribution in [-0.4, -0.2) is 55.7 Å². The van der Waals surface area contributed by atoms with E-state index in [2.05, 4.69) is 54.9 Å². The topological polar surface area (TPSA) is 75.6 Å². The van der Waals surface area contributed by atoms with E-state index >= 15 is 0 Å². The molecule has 1 aliphatic heterocycles. The second-order valence-corrected chi connectivity index (χ2v) is 11.0. The van der Waals surface area contributed by atoms with Crippen molar-refractivity contribution in [2.75, 3.05) is 37.7 Å². The molecule has 0 bridgehead atoms. The summed E-state index contributed by atoms with van der Waals surface area (Å²) in [7, 11) is -3.55. The van der Waals surface area contributed by atoms with Gasteiger partial charge in [-0.1, -0.05) is 19.4 Å². The number of piperazine rings is 1. The number of ether oxygens (including phenoxy) is 1. The molecule has 2 aromatic carbocycles. The third kappa shape index (κ3) is 5.65. The van der Waals surface area contributed by atoms with Crippen LogP contribution in [0.5, 0.6) is 5.75 Å². The number of aryl methyl sites for hydroxylation is 3. The van der Waals surface area contributed by atoms with Crippen molar-refractivity contribution in [2.45, 2.75) is 45.4 Å². The Hall–Kier alpha value is -2.97. The van der Waals surface area contributed by atoms with Crippen LogP contribution in [0.1, 0.15) is 36.5 Å². The molecular formula is C27H34N4O3S. The lowest BCUT2D eigenvalue weighted by Crippen LogP contribution is -2.48. The van der Waals surface area contributed by atoms with Crippen LogP contribution >= 0.6 is 0 Å². The summed E-state index contributed by atoms with van der Waals surface area (Å²) in [4.78, 5) is 2.38. The molecule has 0 aliphatic carbocycles. The number of anilines is 1. The van der Waals surface area contributed by atoms with Gasteiger partial charge in [0.1, 0.15) is 5.75 Å². The minimum Gasteiger partial charge on any atom is -0.494 e. The molecule has 0 atom stereocenters. The van der Waals surface area contributed by atoms with Crippen molar-refractivity contribution in [1.29, 1.82) is 0 Å². The van der Waals surface area contributed by atoms with Crippen molar-refractivity contribution in [3.8, 4) is 17.0 Å². The number of aromatic nitrogens is 2. The summed E-state index contributed by atoms with van der Waals surface area (Å²) in [5, 5.41) is 8.92. The molecular weight excluding hydrogens is 460 g/mol. The molecule has 0 amide bonds. The molecule has 1 aromatic heterocycles. The number of hydrogen-bond donors (Lipinski definition) is 0. The van der Waals surface area contributed by atoms with Crippen LogP contribution in [0.2, 0.25) is 0 Å². The van der Waals surface area contributed by atoms with Gasteiger partial charge in [0.25, 0.3) is 0 Å². The van der Waals surface area contributed by atoms with Crippen molar-refractivity contribution >= 4 is 15.8 Å². The molecule has 7 nitrogen and oxygen atoms in total. The fourth-order valence-electron chi connectivity index (χ4n) is 4.22. The molecule has 35 heavy (non-hydrogen) atoms. The first-order valence-electron chi connectivity index (χ1n) is 12.2. The predicted octanol–water partition coefficient (Wildman–Crippen LogP) is 4.76. The predicted molar refractivity (Wildman–Crippen MR) is 139 cm³/mol. The number of hydrogen-bond acceptors (Lipinski definition) is 6. The standard InChI is InChI=1S/C27H34N4O3S/c1-5-6-17-34-23-7-9-24(10-8-23)35(32,33)31-15-13-30(14-16-31)27-12-11-26(28-29-27)25-19-21(3)20(2)18-22(25)4/h7-12,18-19H,5-6,13-17H2,1-4H3. The smallest absolute Gasteiger partial charge is 0.243 e. The lowest BCUT2D eigenvalue weighted by molar-refractivity contribution is 0.309. The van der Waals surface area contributed by atoms with E-state index in [4.69, 9.17) is 4.74 Å². The molecule has 1 fully saturated rings. The third-order valence-corrected chi connectivity index (χ3v) is 8.47. The quantitative estimate of drug-likeness (QED) is 0.421. The van der Waals surface area contributed by atoms with E-state index in [1.165, 1.54) is 21.0 Å². The van der Waals surface area contributed by atoms with Crippen LogP contribution < -0.4 is 9.64 Å². The Morgan fingerprint density at radius 2 is 1.54 bits per heavy atom. The lowest BCUT2D eigenvalue weighted by atomic mass is 9.99. The van der Waals surface area contributed by atoms with Gasteiger partial charge in [-0.3, -0.25) is 0 Å². The van der Waals surface area contributed by atoms with Gasteiger partial charge in [-0.25, -0.2) is 8.42 Å². The molecule has 0 saturated carbocycles. The Morgan fingerprint density at radius 1 is 0.857 bits per heavy atom. The maximum atomic E-state index is 13.1. The normalized spacial score (nSPS) is 14.8. The Kier molecular flexibility index (Phi) is 7.72. The number of unbranched alkanes of at least 4 members (excludes halogenated alkanes) is 1. The minimum atomic E-state index is -3.55. The number of benzene rings is 2. The number of nitrogens with zero attached hydrogens (tertiary/aromatic N) is 4. The van der Waals surface area contributed by atoms with Gasteiger partial charge in [0.15, 0.2) is 5.82 Å². The average molecular weight is 495 g/mol. The first kappa shape index (κ1) is 25.1. The van der Waals surface area contributed by atoms with Gasteiger partial charge in [-0.05, 0) is 86.3 Å². The van der Waals surface area contributed by atoms with Gasteiger partial charge in [-0.2, -0.15) is 4.31 Å². The average Bonchev–Trinajstić information content (AvgIpc) is 2.87. The third-order valence-electron chi connectivity index (χ3n) is 6.56. The zero-order chi connectivity index (χ0) is 25.0. The van der Waals surface area contributed by atoms with E-state index in [-0.39, 0.29) is 0 Å². The maximum absolute atomic E-state index is 13.1. The molecule has 3 aromatic rings. The molecule has 0 spiro atoms. The molecule has 4 rings (SSSR count). The van der Waals surface area contributed by atoms with Crippen molar-refractivity contribution in [3.05, 3.63) is 65.2 Å². The van der Waals surface area contributed by atoms with Crippen LogP contribution in [0.4, 0.5) is 5.82 Å². The molecule has 186 valence electrons. The summed E-state index contributed by atoms with van der Waals surface area (Å²) in [5.41, 5.74) is 5.60. The van der Waals surface area contributed by atoms with Crippen LogP contribution in [-0.2, 0) is 10.0 Å². The molecule has 1 aliphatic rings. The van der Waals surface area contributed by atoms with Crippen LogP contribution in [0, 0.1) is 20.8 Å². The van der Waals surface area contributed by atoms with E-state index in [1.54, 1.807) is 24.3 Å². The highest BCUT2D eigenvalue weighted by Crippen LogP contribution is 2.26. The van der Waals surface area contributed by atoms with Crippen molar-refractivity contribution in [3.63, 3.8) is 0 Å². The van der Waals surface area contributed by atoms with Gasteiger partial charge in [0, 0.05) is 31.7 Å². The van der Waals surface area contributed by atoms with E-state index in [1.807, 2.05) is 12.1 Å². The number of rotatable bonds is 8. The zero-order valence-corrected chi connectivity index (χ0v) is 21.8. The summed E-state index contributed by atoms with van der Waals surface area (Å²) < 4.78 is 33.4. The Labute approximate surface area is 208 Å². The summed E-state index contributed by atoms with van der Waals surface area (Å²) >= 11 is 0. The summed E-state index contributed by atoms with van der Waals surface area (Å²) in [6.07, 6.45) is 2.03. The Bertz CT molecular complexity index is 1250. The number of sulfonamides is 1. The van der Waals surface area contributed by atoms with Gasteiger partial charge in [-0.15, -0.1) is 10.2 Å². The van der Waals surface area contributed by atoms with Gasteiger partial charge in [0.05, 0.1) is 17.2 Å². The van der Waals surface area contributed by atoms with Crippen LogP contribution in [0.25, 0.3) is 11.3 Å². The molecule has 1 saturated heterocycles. The van der Waals surface area contributed by atoms with E-state index < -0.39 is 10.0 Å². The van der Waals surface area contributed by atoms with Crippen molar-refractivity contribution < 1.29 is 13.2 Å². The minimum absolute atomic E-state index is 0.293. The molecule has 0 N–H and O–H groups in total. The van der Waals surface area contributed by atoms with E-state index in [0.29, 0.717) is 43.4 Å². The lowest BCUT2D eigenvalue weighted by Gasteiger charge is -2.34. The molecule has 2 heterocycles. The SMILES string of the molecule is CCCCOc1ccc(S(=O)(=O)N2CCN(c3ccc(-c4cc(C)c(C)cc4C)nn3)CC2)cc1. The maximum Gasteiger partial charge on any atom is 0.243 e. The second-order valence-electron chi connectivity index (χ2n) is 9.09. The van der Waals surface area contributed by atoms with Crippen LogP contribution in [0.15, 0.2) is 53.4 Å². The molecule has 0 unspecified atom stereocenters. The van der Waals surface area contributed by atoms with E-state index in [0.717, 1.165) is 29.9 Å². The molecule has 0 radical (unpaired) electrons. The Balaban J connectivity index is 1.39. The summed E-state index contributed by atoms with van der Waals surface area (Å²) in [5.74, 6) is 1.46. The first-order chi connectivity index (χ1) is 16.8. The second kappa shape index (κ2) is 10.7. The van der Waals surface area contributed by atoms with Crippen LogP contribution in [0.3, 0.4) is 0 Å². The highest BCUT2D eigenvalue weighted by atomic mass is 32.2.